The zero-order chi connectivity index (χ0) is 15.6. The van der Waals surface area contributed by atoms with Crippen molar-refractivity contribution < 1.29 is 0 Å². The standard InChI is InChI=1S/C18H21ClN4/c19-12-9-14-15(11-21-18(14)20-10-12)16-7-4-8-17(23-16)22-13-5-2-1-3-6-13/h4,7-10,13,15H,1-3,5-6,11H2,(H,20,21)(H,22,23). The van der Waals surface area contributed by atoms with Crippen LogP contribution in [0.4, 0.5) is 11.6 Å². The molecule has 0 aromatic carbocycles. The molecule has 3 heterocycles. The van der Waals surface area contributed by atoms with Gasteiger partial charge in [0.15, 0.2) is 0 Å². The number of anilines is 2. The maximum Gasteiger partial charge on any atom is 0.130 e. The molecule has 4 nitrogen and oxygen atoms in total. The molecule has 1 unspecified atom stereocenters. The van der Waals surface area contributed by atoms with Crippen molar-refractivity contribution >= 4 is 23.2 Å². The first-order valence-corrected chi connectivity index (χ1v) is 8.80. The van der Waals surface area contributed by atoms with Crippen LogP contribution in [-0.4, -0.2) is 22.6 Å². The molecule has 0 saturated heterocycles. The van der Waals surface area contributed by atoms with Crippen molar-refractivity contribution in [2.45, 2.75) is 44.1 Å². The number of hydrogen-bond donors (Lipinski definition) is 2. The maximum absolute atomic E-state index is 6.11. The van der Waals surface area contributed by atoms with E-state index in [1.807, 2.05) is 6.07 Å². The van der Waals surface area contributed by atoms with Gasteiger partial charge in [0, 0.05) is 30.3 Å². The molecule has 2 aromatic rings. The van der Waals surface area contributed by atoms with E-state index in [2.05, 4.69) is 33.8 Å². The Balaban J connectivity index is 1.56. The van der Waals surface area contributed by atoms with Crippen LogP contribution in [0.1, 0.15) is 49.3 Å². The highest BCUT2D eigenvalue weighted by Crippen LogP contribution is 2.35. The smallest absolute Gasteiger partial charge is 0.130 e. The van der Waals surface area contributed by atoms with Crippen LogP contribution in [-0.2, 0) is 0 Å². The Morgan fingerprint density at radius 3 is 2.91 bits per heavy atom. The molecular weight excluding hydrogens is 308 g/mol. The molecule has 1 aliphatic heterocycles. The molecule has 1 aliphatic carbocycles. The van der Waals surface area contributed by atoms with Crippen LogP contribution in [0, 0.1) is 0 Å². The normalized spacial score (nSPS) is 20.8. The summed E-state index contributed by atoms with van der Waals surface area (Å²) in [6, 6.07) is 8.81. The second kappa shape index (κ2) is 6.36. The second-order valence-corrected chi connectivity index (χ2v) is 6.89. The molecule has 23 heavy (non-hydrogen) atoms. The largest absolute Gasteiger partial charge is 0.369 e. The number of halogens is 1. The molecule has 1 fully saturated rings. The summed E-state index contributed by atoms with van der Waals surface area (Å²) in [5.74, 6) is 2.12. The van der Waals surface area contributed by atoms with Gasteiger partial charge in [-0.25, -0.2) is 9.97 Å². The van der Waals surface area contributed by atoms with Gasteiger partial charge in [-0.2, -0.15) is 0 Å². The lowest BCUT2D eigenvalue weighted by atomic mass is 9.95. The van der Waals surface area contributed by atoms with Gasteiger partial charge in [-0.05, 0) is 31.0 Å². The fourth-order valence-electron chi connectivity index (χ4n) is 3.62. The number of hydrogen-bond acceptors (Lipinski definition) is 4. The maximum atomic E-state index is 6.11. The minimum atomic E-state index is 0.212. The zero-order valence-corrected chi connectivity index (χ0v) is 13.8. The fraction of sp³-hybridized carbons (Fsp3) is 0.444. The Bertz CT molecular complexity index is 697. The molecule has 1 atom stereocenters. The summed E-state index contributed by atoms with van der Waals surface area (Å²) in [5.41, 5.74) is 2.21. The Kier molecular flexibility index (Phi) is 4.08. The van der Waals surface area contributed by atoms with E-state index in [0.29, 0.717) is 11.1 Å². The summed E-state index contributed by atoms with van der Waals surface area (Å²) in [4.78, 5) is 9.22. The van der Waals surface area contributed by atoms with Crippen molar-refractivity contribution in [3.63, 3.8) is 0 Å². The van der Waals surface area contributed by atoms with E-state index in [1.54, 1.807) is 6.20 Å². The highest BCUT2D eigenvalue weighted by atomic mass is 35.5. The SMILES string of the molecule is Clc1cnc2c(c1)C(c1cccc(NC3CCCCC3)n1)CN2. The van der Waals surface area contributed by atoms with Crippen molar-refractivity contribution in [1.29, 1.82) is 0 Å². The third-order valence-corrected chi connectivity index (χ3v) is 5.02. The van der Waals surface area contributed by atoms with E-state index in [1.165, 1.54) is 32.1 Å². The highest BCUT2D eigenvalue weighted by Gasteiger charge is 2.26. The molecule has 0 radical (unpaired) electrons. The number of rotatable bonds is 3. The lowest BCUT2D eigenvalue weighted by molar-refractivity contribution is 0.461. The summed E-state index contributed by atoms with van der Waals surface area (Å²) < 4.78 is 0. The predicted octanol–water partition coefficient (Wildman–Crippen LogP) is 4.43. The van der Waals surface area contributed by atoms with Crippen molar-refractivity contribution in [3.8, 4) is 0 Å². The fourth-order valence-corrected chi connectivity index (χ4v) is 3.79. The lowest BCUT2D eigenvalue weighted by Crippen LogP contribution is -2.23. The minimum absolute atomic E-state index is 0.212. The van der Waals surface area contributed by atoms with Gasteiger partial charge in [0.2, 0.25) is 0 Å². The van der Waals surface area contributed by atoms with Gasteiger partial charge in [-0.3, -0.25) is 0 Å². The molecule has 2 aromatic heterocycles. The number of fused-ring (bicyclic) bond motifs is 1. The van der Waals surface area contributed by atoms with Crippen molar-refractivity contribution in [3.05, 3.63) is 46.7 Å². The van der Waals surface area contributed by atoms with Crippen LogP contribution >= 0.6 is 11.6 Å². The van der Waals surface area contributed by atoms with Crippen molar-refractivity contribution in [1.82, 2.24) is 9.97 Å². The molecule has 1 saturated carbocycles. The van der Waals surface area contributed by atoms with E-state index >= 15 is 0 Å². The average Bonchev–Trinajstić information content (AvgIpc) is 2.99. The third kappa shape index (κ3) is 3.13. The average molecular weight is 329 g/mol. The van der Waals surface area contributed by atoms with E-state index in [0.717, 1.165) is 29.4 Å². The molecular formula is C18H21ClN4. The summed E-state index contributed by atoms with van der Waals surface area (Å²) in [6.45, 7) is 0.822. The molecule has 0 amide bonds. The summed E-state index contributed by atoms with van der Waals surface area (Å²) >= 11 is 6.11. The molecule has 2 N–H and O–H groups in total. The third-order valence-electron chi connectivity index (χ3n) is 4.82. The van der Waals surface area contributed by atoms with Crippen LogP contribution in [0.2, 0.25) is 5.02 Å². The van der Waals surface area contributed by atoms with E-state index in [-0.39, 0.29) is 5.92 Å². The van der Waals surface area contributed by atoms with Crippen LogP contribution < -0.4 is 10.6 Å². The highest BCUT2D eigenvalue weighted by molar-refractivity contribution is 6.30. The first-order valence-electron chi connectivity index (χ1n) is 8.42. The Labute approximate surface area is 141 Å². The van der Waals surface area contributed by atoms with Gasteiger partial charge in [0.1, 0.15) is 11.6 Å². The quantitative estimate of drug-likeness (QED) is 0.875. The monoisotopic (exact) mass is 328 g/mol. The minimum Gasteiger partial charge on any atom is -0.369 e. The zero-order valence-electron chi connectivity index (χ0n) is 13.1. The summed E-state index contributed by atoms with van der Waals surface area (Å²) in [7, 11) is 0. The van der Waals surface area contributed by atoms with Gasteiger partial charge in [-0.15, -0.1) is 0 Å². The van der Waals surface area contributed by atoms with Crippen molar-refractivity contribution in [2.75, 3.05) is 17.2 Å². The van der Waals surface area contributed by atoms with Gasteiger partial charge in [0.25, 0.3) is 0 Å². The number of nitrogens with zero attached hydrogens (tertiary/aromatic N) is 2. The molecule has 4 rings (SSSR count). The van der Waals surface area contributed by atoms with Gasteiger partial charge in [0.05, 0.1) is 10.7 Å². The molecule has 0 spiro atoms. The van der Waals surface area contributed by atoms with E-state index in [4.69, 9.17) is 16.6 Å². The van der Waals surface area contributed by atoms with Gasteiger partial charge < -0.3 is 10.6 Å². The van der Waals surface area contributed by atoms with Gasteiger partial charge >= 0.3 is 0 Å². The van der Waals surface area contributed by atoms with Crippen LogP contribution in [0.3, 0.4) is 0 Å². The topological polar surface area (TPSA) is 49.8 Å². The molecule has 2 aliphatic rings. The van der Waals surface area contributed by atoms with Gasteiger partial charge in [-0.1, -0.05) is 36.9 Å². The van der Waals surface area contributed by atoms with E-state index < -0.39 is 0 Å². The predicted molar refractivity (Wildman–Crippen MR) is 94.3 cm³/mol. The van der Waals surface area contributed by atoms with Crippen LogP contribution in [0.15, 0.2) is 30.5 Å². The number of nitrogens with one attached hydrogen (secondary N) is 2. The van der Waals surface area contributed by atoms with Crippen LogP contribution in [0.5, 0.6) is 0 Å². The molecule has 5 heteroatoms. The first-order chi connectivity index (χ1) is 11.3. The molecule has 120 valence electrons. The van der Waals surface area contributed by atoms with E-state index in [9.17, 15) is 0 Å². The summed E-state index contributed by atoms with van der Waals surface area (Å²) in [5, 5.41) is 7.63. The summed E-state index contributed by atoms with van der Waals surface area (Å²) in [6.07, 6.45) is 8.19. The Morgan fingerprint density at radius 2 is 2.04 bits per heavy atom. The second-order valence-electron chi connectivity index (χ2n) is 6.45. The van der Waals surface area contributed by atoms with Crippen molar-refractivity contribution in [2.24, 2.45) is 0 Å². The first kappa shape index (κ1) is 14.8. The Hall–Kier alpha value is -1.81. The molecule has 0 bridgehead atoms. The lowest BCUT2D eigenvalue weighted by Gasteiger charge is -2.23. The number of pyridine rings is 2. The van der Waals surface area contributed by atoms with Crippen LogP contribution in [0.25, 0.3) is 0 Å². The Morgan fingerprint density at radius 1 is 1.17 bits per heavy atom. The number of aromatic nitrogens is 2.